The van der Waals surface area contributed by atoms with Crippen molar-refractivity contribution in [2.75, 3.05) is 13.7 Å². The molecule has 5 heteroatoms. The van der Waals surface area contributed by atoms with Gasteiger partial charge in [-0.2, -0.15) is 0 Å². The Labute approximate surface area is 119 Å². The van der Waals surface area contributed by atoms with Gasteiger partial charge < -0.3 is 9.47 Å². The van der Waals surface area contributed by atoms with Gasteiger partial charge in [-0.1, -0.05) is 6.07 Å². The highest BCUT2D eigenvalue weighted by molar-refractivity contribution is 7.09. The van der Waals surface area contributed by atoms with Crippen LogP contribution >= 0.6 is 11.3 Å². The van der Waals surface area contributed by atoms with Crippen molar-refractivity contribution in [2.24, 2.45) is 0 Å². The lowest BCUT2D eigenvalue weighted by atomic mass is 9.98. The van der Waals surface area contributed by atoms with E-state index in [0.717, 1.165) is 0 Å². The topological polar surface area (TPSA) is 47.6 Å². The normalized spacial score (nSPS) is 13.3. The van der Waals surface area contributed by atoms with Crippen molar-refractivity contribution >= 4 is 17.3 Å². The van der Waals surface area contributed by atoms with Crippen molar-refractivity contribution in [3.63, 3.8) is 0 Å². The third-order valence-electron chi connectivity index (χ3n) is 2.92. The third kappa shape index (κ3) is 5.72. The van der Waals surface area contributed by atoms with E-state index in [-0.39, 0.29) is 17.6 Å². The summed E-state index contributed by atoms with van der Waals surface area (Å²) >= 11 is 1.67. The van der Waals surface area contributed by atoms with Crippen LogP contribution in [-0.2, 0) is 20.8 Å². The second kappa shape index (κ2) is 7.62. The molecular formula is C14H23NO3S. The Bertz CT molecular complexity index is 376. The van der Waals surface area contributed by atoms with E-state index in [2.05, 4.69) is 5.32 Å². The van der Waals surface area contributed by atoms with Crippen LogP contribution in [0.25, 0.3) is 0 Å². The van der Waals surface area contributed by atoms with Crippen LogP contribution in [-0.4, -0.2) is 31.3 Å². The highest BCUT2D eigenvalue weighted by atomic mass is 32.1. The van der Waals surface area contributed by atoms with Crippen molar-refractivity contribution in [2.45, 2.75) is 45.4 Å². The largest absolute Gasteiger partial charge is 0.465 e. The molecule has 19 heavy (non-hydrogen) atoms. The van der Waals surface area contributed by atoms with Gasteiger partial charge in [0, 0.05) is 25.0 Å². The number of hydrogen-bond acceptors (Lipinski definition) is 5. The number of methoxy groups -OCH3 is 1. The minimum atomic E-state index is -0.361. The van der Waals surface area contributed by atoms with E-state index < -0.39 is 0 Å². The van der Waals surface area contributed by atoms with Gasteiger partial charge in [-0.15, -0.1) is 11.3 Å². The molecule has 0 aliphatic carbocycles. The van der Waals surface area contributed by atoms with Gasteiger partial charge in [-0.3, -0.25) is 10.1 Å². The zero-order valence-electron chi connectivity index (χ0n) is 12.1. The molecule has 1 rings (SSSR count). The maximum Gasteiger partial charge on any atom is 0.323 e. The third-order valence-corrected chi connectivity index (χ3v) is 3.80. The van der Waals surface area contributed by atoms with Gasteiger partial charge in [0.05, 0.1) is 12.2 Å². The Hall–Kier alpha value is -0.910. The van der Waals surface area contributed by atoms with E-state index in [9.17, 15) is 4.79 Å². The Morgan fingerprint density at radius 3 is 2.79 bits per heavy atom. The molecule has 1 aromatic heterocycles. The van der Waals surface area contributed by atoms with Crippen LogP contribution in [0.1, 0.15) is 32.1 Å². The van der Waals surface area contributed by atoms with Crippen molar-refractivity contribution < 1.29 is 14.3 Å². The molecule has 0 radical (unpaired) electrons. The molecule has 0 amide bonds. The van der Waals surface area contributed by atoms with Gasteiger partial charge in [0.25, 0.3) is 0 Å². The van der Waals surface area contributed by atoms with Crippen LogP contribution in [0, 0.1) is 0 Å². The quantitative estimate of drug-likeness (QED) is 0.746. The van der Waals surface area contributed by atoms with E-state index in [0.29, 0.717) is 19.6 Å². The second-order valence-corrected chi connectivity index (χ2v) is 5.97. The molecule has 0 bridgehead atoms. The first kappa shape index (κ1) is 16.1. The van der Waals surface area contributed by atoms with Gasteiger partial charge >= 0.3 is 5.97 Å². The van der Waals surface area contributed by atoms with Crippen LogP contribution in [0.4, 0.5) is 0 Å². The number of nitrogens with one attached hydrogen (secondary N) is 1. The van der Waals surface area contributed by atoms with Crippen LogP contribution in [0.3, 0.4) is 0 Å². The smallest absolute Gasteiger partial charge is 0.323 e. The molecular weight excluding hydrogens is 262 g/mol. The fourth-order valence-electron chi connectivity index (χ4n) is 1.69. The molecule has 0 saturated carbocycles. The monoisotopic (exact) mass is 285 g/mol. The zero-order valence-corrected chi connectivity index (χ0v) is 12.9. The summed E-state index contributed by atoms with van der Waals surface area (Å²) in [7, 11) is 1.65. The lowest BCUT2D eigenvalue weighted by molar-refractivity contribution is -0.147. The number of carbonyl (C=O) groups excluding carboxylic acids is 1. The zero-order chi connectivity index (χ0) is 14.3. The lowest BCUT2D eigenvalue weighted by Crippen LogP contribution is -2.43. The van der Waals surface area contributed by atoms with Crippen LogP contribution in [0.5, 0.6) is 0 Å². The molecule has 1 unspecified atom stereocenters. The van der Waals surface area contributed by atoms with Crippen LogP contribution < -0.4 is 5.32 Å². The second-order valence-electron chi connectivity index (χ2n) is 4.93. The Morgan fingerprint density at radius 2 is 2.26 bits per heavy atom. The van der Waals surface area contributed by atoms with Gasteiger partial charge in [0.15, 0.2) is 0 Å². The van der Waals surface area contributed by atoms with E-state index in [1.807, 2.05) is 38.3 Å². The first-order valence-corrected chi connectivity index (χ1v) is 7.34. The SMILES string of the molecule is CCOC(=O)C(CC(C)(C)OC)NCc1cccs1. The number of thiophene rings is 1. The fourth-order valence-corrected chi connectivity index (χ4v) is 2.35. The number of esters is 1. The molecule has 108 valence electrons. The summed E-state index contributed by atoms with van der Waals surface area (Å²) < 4.78 is 10.5. The molecule has 1 atom stereocenters. The molecule has 0 spiro atoms. The summed E-state index contributed by atoms with van der Waals surface area (Å²) in [6.45, 7) is 6.80. The molecule has 0 aliphatic heterocycles. The summed E-state index contributed by atoms with van der Waals surface area (Å²) in [5, 5.41) is 5.28. The highest BCUT2D eigenvalue weighted by Gasteiger charge is 2.28. The molecule has 1 aromatic rings. The average molecular weight is 285 g/mol. The summed E-state index contributed by atoms with van der Waals surface area (Å²) in [5.74, 6) is -0.218. The van der Waals surface area contributed by atoms with E-state index in [4.69, 9.17) is 9.47 Å². The predicted molar refractivity (Wildman–Crippen MR) is 77.3 cm³/mol. The number of ether oxygens (including phenoxy) is 2. The fraction of sp³-hybridized carbons (Fsp3) is 0.643. The predicted octanol–water partition coefficient (Wildman–Crippen LogP) is 2.58. The number of carbonyl (C=O) groups is 1. The van der Waals surface area contributed by atoms with Gasteiger partial charge in [0.2, 0.25) is 0 Å². The molecule has 4 nitrogen and oxygen atoms in total. The summed E-state index contributed by atoms with van der Waals surface area (Å²) in [4.78, 5) is 13.2. The number of hydrogen-bond donors (Lipinski definition) is 1. The minimum Gasteiger partial charge on any atom is -0.465 e. The van der Waals surface area contributed by atoms with Crippen molar-refractivity contribution in [3.8, 4) is 0 Å². The molecule has 1 N–H and O–H groups in total. The Morgan fingerprint density at radius 1 is 1.53 bits per heavy atom. The molecule has 0 fully saturated rings. The van der Waals surface area contributed by atoms with Crippen molar-refractivity contribution in [3.05, 3.63) is 22.4 Å². The summed E-state index contributed by atoms with van der Waals surface area (Å²) in [6, 6.07) is 3.69. The van der Waals surface area contributed by atoms with Crippen molar-refractivity contribution in [1.29, 1.82) is 0 Å². The maximum atomic E-state index is 12.0. The van der Waals surface area contributed by atoms with E-state index >= 15 is 0 Å². The lowest BCUT2D eigenvalue weighted by Gasteiger charge is -2.28. The first-order valence-electron chi connectivity index (χ1n) is 6.46. The van der Waals surface area contributed by atoms with Gasteiger partial charge in [0.1, 0.15) is 6.04 Å². The summed E-state index contributed by atoms with van der Waals surface area (Å²) in [5.41, 5.74) is -0.361. The highest BCUT2D eigenvalue weighted by Crippen LogP contribution is 2.17. The molecule has 1 heterocycles. The standard InChI is InChI=1S/C14H23NO3S/c1-5-18-13(16)12(9-14(2,3)17-4)15-10-11-7-6-8-19-11/h6-8,12,15H,5,9-10H2,1-4H3. The minimum absolute atomic E-state index is 0.218. The van der Waals surface area contributed by atoms with E-state index in [1.165, 1.54) is 4.88 Å². The van der Waals surface area contributed by atoms with Gasteiger partial charge in [-0.05, 0) is 32.2 Å². The molecule has 0 aromatic carbocycles. The average Bonchev–Trinajstić information content (AvgIpc) is 2.87. The van der Waals surface area contributed by atoms with Gasteiger partial charge in [-0.25, -0.2) is 0 Å². The first-order chi connectivity index (χ1) is 8.98. The van der Waals surface area contributed by atoms with E-state index in [1.54, 1.807) is 18.4 Å². The summed E-state index contributed by atoms with van der Waals surface area (Å²) in [6.07, 6.45) is 0.577. The maximum absolute atomic E-state index is 12.0. The van der Waals surface area contributed by atoms with Crippen LogP contribution in [0.2, 0.25) is 0 Å². The molecule has 0 saturated heterocycles. The Kier molecular flexibility index (Phi) is 6.48. The number of rotatable bonds is 8. The van der Waals surface area contributed by atoms with Crippen molar-refractivity contribution in [1.82, 2.24) is 5.32 Å². The Balaban J connectivity index is 2.60. The van der Waals surface area contributed by atoms with Crippen LogP contribution in [0.15, 0.2) is 17.5 Å². The molecule has 0 aliphatic rings.